The van der Waals surface area contributed by atoms with Gasteiger partial charge < -0.3 is 14.9 Å². The highest BCUT2D eigenvalue weighted by Crippen LogP contribution is 2.41. The number of aliphatic hydroxyl groups excluding tert-OH is 1. The quantitative estimate of drug-likeness (QED) is 0.433. The van der Waals surface area contributed by atoms with E-state index in [4.69, 9.17) is 14.9 Å². The van der Waals surface area contributed by atoms with Crippen molar-refractivity contribution in [3.8, 4) is 16.9 Å². The first-order chi connectivity index (χ1) is 17.1. The molecule has 0 aliphatic heterocycles. The highest BCUT2D eigenvalue weighted by atomic mass is 32.2. The zero-order chi connectivity index (χ0) is 26.0. The van der Waals surface area contributed by atoms with Crippen LogP contribution in [-0.4, -0.2) is 47.9 Å². The molecule has 0 saturated heterocycles. The molecular weight excluding hydrogens is 483 g/mol. The smallest absolute Gasteiger partial charge is 0.260 e. The van der Waals surface area contributed by atoms with Crippen molar-refractivity contribution >= 4 is 10.0 Å². The molecule has 0 spiro atoms. The third kappa shape index (κ3) is 5.29. The molecular formula is C27H31FN2O5S. The van der Waals surface area contributed by atoms with Crippen molar-refractivity contribution in [2.45, 2.75) is 56.4 Å². The van der Waals surface area contributed by atoms with Crippen molar-refractivity contribution in [3.63, 3.8) is 0 Å². The number of fused-ring (bicyclic) bond motifs is 1. The Morgan fingerprint density at radius 2 is 1.92 bits per heavy atom. The minimum absolute atomic E-state index is 0.0668. The maximum absolute atomic E-state index is 14.5. The largest absolute Gasteiger partial charge is 0.485 e. The van der Waals surface area contributed by atoms with E-state index in [0.29, 0.717) is 36.3 Å². The fourth-order valence-corrected chi connectivity index (χ4v) is 5.87. The van der Waals surface area contributed by atoms with Crippen molar-refractivity contribution < 1.29 is 27.8 Å². The molecule has 0 fully saturated rings. The first kappa shape index (κ1) is 26.2. The Labute approximate surface area is 211 Å². The molecule has 2 N–H and O–H groups in total. The van der Waals surface area contributed by atoms with Gasteiger partial charge in [0.25, 0.3) is 10.0 Å². The molecule has 1 heterocycles. The molecule has 9 heteroatoms. The second-order valence-corrected chi connectivity index (χ2v) is 11.3. The Hall–Kier alpha value is -2.85. The Balaban J connectivity index is 1.62. The number of nitrogens with zero attached hydrogens (tertiary/aromatic N) is 2. The first-order valence-corrected chi connectivity index (χ1v) is 13.4. The van der Waals surface area contributed by atoms with Crippen LogP contribution in [0.25, 0.3) is 11.1 Å². The van der Waals surface area contributed by atoms with Gasteiger partial charge in [-0.2, -0.15) is 4.31 Å². The van der Waals surface area contributed by atoms with Crippen LogP contribution in [-0.2, 0) is 16.4 Å². The Bertz CT molecular complexity index is 1330. The molecule has 0 bridgehead atoms. The molecule has 1 aliphatic rings. The predicted molar refractivity (Wildman–Crippen MR) is 135 cm³/mol. The average molecular weight is 515 g/mol. The lowest BCUT2D eigenvalue weighted by atomic mass is 9.87. The third-order valence-corrected chi connectivity index (χ3v) is 8.38. The van der Waals surface area contributed by atoms with Crippen molar-refractivity contribution in [2.24, 2.45) is 0 Å². The highest BCUT2D eigenvalue weighted by Gasteiger charge is 2.34. The molecule has 1 aromatic heterocycles. The average Bonchev–Trinajstić information content (AvgIpc) is 2.87. The lowest BCUT2D eigenvalue weighted by molar-refractivity contribution is -0.0688. The standard InChI is InChI=1S/C27H31FN2O5S/c1-17(2)18-6-4-7-19(14-18)20-10-13-25(29-15-20)36(33,34)30(3)24-9-5-8-22-21(24)11-12-23(28)27(22)35-16-26(31)32/h4,6-7,10-15,17,24,26,31-32H,5,8-9,16H2,1-3H3. The van der Waals surface area contributed by atoms with E-state index in [2.05, 4.69) is 31.0 Å². The monoisotopic (exact) mass is 514 g/mol. The number of hydrogen-bond acceptors (Lipinski definition) is 6. The van der Waals surface area contributed by atoms with Gasteiger partial charge >= 0.3 is 0 Å². The summed E-state index contributed by atoms with van der Waals surface area (Å²) in [6.07, 6.45) is 1.49. The van der Waals surface area contributed by atoms with Crippen molar-refractivity contribution in [1.82, 2.24) is 9.29 Å². The zero-order valence-electron chi connectivity index (χ0n) is 20.6. The summed E-state index contributed by atoms with van der Waals surface area (Å²) < 4.78 is 48.0. The summed E-state index contributed by atoms with van der Waals surface area (Å²) in [4.78, 5) is 4.28. The van der Waals surface area contributed by atoms with E-state index in [1.165, 1.54) is 29.0 Å². The molecule has 0 saturated carbocycles. The predicted octanol–water partition coefficient (Wildman–Crippen LogP) is 4.40. The molecule has 2 aromatic carbocycles. The molecule has 3 aromatic rings. The SMILES string of the molecule is CC(C)c1cccc(-c2ccc(S(=O)(=O)N(C)C3CCCc4c3ccc(F)c4OCC(O)O)nc2)c1. The highest BCUT2D eigenvalue weighted by molar-refractivity contribution is 7.89. The van der Waals surface area contributed by atoms with Gasteiger partial charge in [-0.05, 0) is 60.1 Å². The van der Waals surface area contributed by atoms with Crippen LogP contribution in [0, 0.1) is 5.82 Å². The van der Waals surface area contributed by atoms with Crippen LogP contribution in [0.15, 0.2) is 59.8 Å². The van der Waals surface area contributed by atoms with E-state index in [1.54, 1.807) is 18.3 Å². The Kier molecular flexibility index (Phi) is 7.75. The van der Waals surface area contributed by atoms with Gasteiger partial charge in [0.2, 0.25) is 0 Å². The first-order valence-electron chi connectivity index (χ1n) is 11.9. The zero-order valence-corrected chi connectivity index (χ0v) is 21.4. The van der Waals surface area contributed by atoms with Gasteiger partial charge in [0.1, 0.15) is 6.61 Å². The van der Waals surface area contributed by atoms with Crippen molar-refractivity contribution in [1.29, 1.82) is 0 Å². The minimum atomic E-state index is -3.94. The summed E-state index contributed by atoms with van der Waals surface area (Å²) >= 11 is 0. The van der Waals surface area contributed by atoms with Crippen LogP contribution < -0.4 is 4.74 Å². The summed E-state index contributed by atoms with van der Waals surface area (Å²) in [7, 11) is -2.44. The van der Waals surface area contributed by atoms with Gasteiger partial charge in [0.15, 0.2) is 22.9 Å². The van der Waals surface area contributed by atoms with Crippen molar-refractivity contribution in [2.75, 3.05) is 13.7 Å². The van der Waals surface area contributed by atoms with Gasteiger partial charge in [-0.15, -0.1) is 0 Å². The lowest BCUT2D eigenvalue weighted by Crippen LogP contribution is -2.34. The lowest BCUT2D eigenvalue weighted by Gasteiger charge is -2.33. The van der Waals surface area contributed by atoms with Crippen LogP contribution in [0.3, 0.4) is 0 Å². The van der Waals surface area contributed by atoms with Gasteiger partial charge in [0, 0.05) is 24.4 Å². The second-order valence-electron chi connectivity index (χ2n) is 9.33. The Morgan fingerprint density at radius 3 is 2.58 bits per heavy atom. The maximum atomic E-state index is 14.5. The third-order valence-electron chi connectivity index (χ3n) is 6.59. The number of ether oxygens (including phenoxy) is 1. The molecule has 4 rings (SSSR count). The van der Waals surface area contributed by atoms with Crippen LogP contribution in [0.5, 0.6) is 5.75 Å². The molecule has 1 atom stereocenters. The molecule has 36 heavy (non-hydrogen) atoms. The maximum Gasteiger partial charge on any atom is 0.260 e. The van der Waals surface area contributed by atoms with Crippen molar-refractivity contribution in [3.05, 3.63) is 77.2 Å². The van der Waals surface area contributed by atoms with Crippen LogP contribution in [0.1, 0.15) is 55.3 Å². The number of pyridine rings is 1. The number of aromatic nitrogens is 1. The number of halogens is 1. The normalized spacial score (nSPS) is 16.0. The molecule has 7 nitrogen and oxygen atoms in total. The van der Waals surface area contributed by atoms with Crippen LogP contribution in [0.2, 0.25) is 0 Å². The molecule has 1 unspecified atom stereocenters. The summed E-state index contributed by atoms with van der Waals surface area (Å²) in [5.74, 6) is -0.320. The molecule has 0 amide bonds. The van der Waals surface area contributed by atoms with Gasteiger partial charge in [0.05, 0.1) is 6.04 Å². The van der Waals surface area contributed by atoms with Crippen LogP contribution in [0.4, 0.5) is 4.39 Å². The minimum Gasteiger partial charge on any atom is -0.485 e. The fraction of sp³-hybridized carbons (Fsp3) is 0.370. The topological polar surface area (TPSA) is 100.0 Å². The Morgan fingerprint density at radius 1 is 1.14 bits per heavy atom. The van der Waals surface area contributed by atoms with E-state index in [9.17, 15) is 12.8 Å². The van der Waals surface area contributed by atoms with E-state index >= 15 is 0 Å². The van der Waals surface area contributed by atoms with E-state index in [0.717, 1.165) is 11.1 Å². The van der Waals surface area contributed by atoms with E-state index < -0.39 is 34.8 Å². The summed E-state index contributed by atoms with van der Waals surface area (Å²) in [5, 5.41) is 18.2. The van der Waals surface area contributed by atoms with Gasteiger partial charge in [-0.25, -0.2) is 17.8 Å². The number of rotatable bonds is 8. The summed E-state index contributed by atoms with van der Waals surface area (Å²) in [5.41, 5.74) is 4.16. The fourth-order valence-electron chi connectivity index (χ4n) is 4.60. The molecule has 0 radical (unpaired) electrons. The van der Waals surface area contributed by atoms with E-state index in [-0.39, 0.29) is 10.8 Å². The summed E-state index contributed by atoms with van der Waals surface area (Å²) in [6, 6.07) is 13.6. The van der Waals surface area contributed by atoms with E-state index in [1.807, 2.05) is 12.1 Å². The number of aliphatic hydroxyl groups is 2. The second kappa shape index (κ2) is 10.6. The van der Waals surface area contributed by atoms with Gasteiger partial charge in [-0.3, -0.25) is 0 Å². The molecule has 1 aliphatic carbocycles. The van der Waals surface area contributed by atoms with Gasteiger partial charge in [-0.1, -0.05) is 44.2 Å². The molecule has 192 valence electrons. The number of benzene rings is 2. The van der Waals surface area contributed by atoms with Crippen LogP contribution >= 0.6 is 0 Å². The number of sulfonamides is 1. The number of hydrogen-bond donors (Lipinski definition) is 2. The summed E-state index contributed by atoms with van der Waals surface area (Å²) in [6.45, 7) is 3.75.